The largest absolute Gasteiger partial charge is 0.476 e. The van der Waals surface area contributed by atoms with Crippen LogP contribution in [-0.4, -0.2) is 40.1 Å². The SMILES string of the molecule is COC(=O)c1ccc(S(=O)(=O)N2C[C@@H](C(N)=O)Oc3ccccc32)cc1. The third-order valence-corrected chi connectivity index (χ3v) is 5.71. The quantitative estimate of drug-likeness (QED) is 0.793. The van der Waals surface area contributed by atoms with Crippen molar-refractivity contribution in [3.8, 4) is 5.75 Å². The fourth-order valence-corrected chi connectivity index (χ4v) is 4.06. The van der Waals surface area contributed by atoms with E-state index in [1.165, 1.54) is 31.4 Å². The van der Waals surface area contributed by atoms with Gasteiger partial charge in [-0.3, -0.25) is 9.10 Å². The van der Waals surface area contributed by atoms with E-state index in [2.05, 4.69) is 4.74 Å². The zero-order chi connectivity index (χ0) is 18.9. The second-order valence-electron chi connectivity index (χ2n) is 5.53. The van der Waals surface area contributed by atoms with Gasteiger partial charge in [-0.15, -0.1) is 0 Å². The van der Waals surface area contributed by atoms with Gasteiger partial charge >= 0.3 is 5.97 Å². The van der Waals surface area contributed by atoms with Crippen LogP contribution >= 0.6 is 0 Å². The fourth-order valence-electron chi connectivity index (χ4n) is 2.59. The molecule has 0 spiro atoms. The molecule has 3 rings (SSSR count). The summed E-state index contributed by atoms with van der Waals surface area (Å²) in [6.07, 6.45) is -1.10. The Morgan fingerprint density at radius 1 is 1.15 bits per heavy atom. The molecule has 2 N–H and O–H groups in total. The first-order valence-corrected chi connectivity index (χ1v) is 9.04. The van der Waals surface area contributed by atoms with E-state index >= 15 is 0 Å². The number of carbonyl (C=O) groups is 2. The number of carbonyl (C=O) groups excluding carboxylic acids is 2. The van der Waals surface area contributed by atoms with E-state index in [9.17, 15) is 18.0 Å². The van der Waals surface area contributed by atoms with Crippen molar-refractivity contribution in [1.82, 2.24) is 0 Å². The van der Waals surface area contributed by atoms with Crippen LogP contribution in [0.2, 0.25) is 0 Å². The third kappa shape index (κ3) is 3.08. The number of nitrogens with zero attached hydrogens (tertiary/aromatic N) is 1. The molecule has 0 fully saturated rings. The van der Waals surface area contributed by atoms with E-state index in [1.807, 2.05) is 0 Å². The first-order chi connectivity index (χ1) is 12.3. The summed E-state index contributed by atoms with van der Waals surface area (Å²) in [6.45, 7) is -0.243. The highest BCUT2D eigenvalue weighted by Gasteiger charge is 2.36. The zero-order valence-electron chi connectivity index (χ0n) is 13.8. The van der Waals surface area contributed by atoms with Gasteiger partial charge in [-0.2, -0.15) is 0 Å². The van der Waals surface area contributed by atoms with Crippen LogP contribution in [0.1, 0.15) is 10.4 Å². The molecule has 9 heteroatoms. The Morgan fingerprint density at radius 3 is 2.42 bits per heavy atom. The molecule has 0 unspecified atom stereocenters. The molecule has 1 aliphatic heterocycles. The van der Waals surface area contributed by atoms with E-state index < -0.39 is 28.0 Å². The molecular formula is C17H16N2O6S. The van der Waals surface area contributed by atoms with Crippen molar-refractivity contribution in [2.75, 3.05) is 18.0 Å². The van der Waals surface area contributed by atoms with Crippen LogP contribution < -0.4 is 14.8 Å². The minimum atomic E-state index is -4.00. The lowest BCUT2D eigenvalue weighted by atomic mass is 10.2. The Hall–Kier alpha value is -3.07. The van der Waals surface area contributed by atoms with Crippen molar-refractivity contribution in [3.05, 3.63) is 54.1 Å². The van der Waals surface area contributed by atoms with E-state index in [0.717, 1.165) is 4.31 Å². The lowest BCUT2D eigenvalue weighted by Gasteiger charge is -2.34. The predicted octanol–water partition coefficient (Wildman–Crippen LogP) is 0.915. The second kappa shape index (κ2) is 6.68. The number of esters is 1. The molecule has 0 radical (unpaired) electrons. The summed E-state index contributed by atoms with van der Waals surface area (Å²) < 4.78 is 37.3. The van der Waals surface area contributed by atoms with Gasteiger partial charge in [-0.1, -0.05) is 12.1 Å². The minimum absolute atomic E-state index is 0.0370. The summed E-state index contributed by atoms with van der Waals surface area (Å²) in [7, 11) is -2.76. The van der Waals surface area contributed by atoms with Crippen LogP contribution in [0.3, 0.4) is 0 Å². The van der Waals surface area contributed by atoms with Gasteiger partial charge < -0.3 is 15.2 Å². The summed E-state index contributed by atoms with van der Waals surface area (Å²) >= 11 is 0. The highest BCUT2D eigenvalue weighted by atomic mass is 32.2. The highest BCUT2D eigenvalue weighted by molar-refractivity contribution is 7.92. The Morgan fingerprint density at radius 2 is 1.81 bits per heavy atom. The molecule has 1 heterocycles. The molecule has 136 valence electrons. The van der Waals surface area contributed by atoms with E-state index in [1.54, 1.807) is 24.3 Å². The molecule has 8 nitrogen and oxygen atoms in total. The van der Waals surface area contributed by atoms with Crippen molar-refractivity contribution in [2.45, 2.75) is 11.0 Å². The van der Waals surface area contributed by atoms with Crippen LogP contribution in [0.15, 0.2) is 53.4 Å². The van der Waals surface area contributed by atoms with Crippen LogP contribution in [0, 0.1) is 0 Å². The second-order valence-corrected chi connectivity index (χ2v) is 7.39. The van der Waals surface area contributed by atoms with Gasteiger partial charge in [0.1, 0.15) is 5.75 Å². The predicted molar refractivity (Wildman–Crippen MR) is 92.4 cm³/mol. The lowest BCUT2D eigenvalue weighted by molar-refractivity contribution is -0.124. The standard InChI is InChI=1S/C17H16N2O6S/c1-24-17(21)11-6-8-12(9-7-11)26(22,23)19-10-15(16(18)20)25-14-5-3-2-4-13(14)19/h2-9,15H,10H2,1H3,(H2,18,20)/t15-/m0/s1. The Balaban J connectivity index is 2.03. The number of sulfonamides is 1. The normalized spacial score (nSPS) is 16.3. The van der Waals surface area contributed by atoms with Gasteiger partial charge in [-0.05, 0) is 36.4 Å². The minimum Gasteiger partial charge on any atom is -0.476 e. The summed E-state index contributed by atoms with van der Waals surface area (Å²) in [5, 5.41) is 0. The number of anilines is 1. The fraction of sp³-hybridized carbons (Fsp3) is 0.176. The molecule has 0 aliphatic carbocycles. The summed E-state index contributed by atoms with van der Waals surface area (Å²) in [6, 6.07) is 11.8. The maximum absolute atomic E-state index is 13.1. The maximum Gasteiger partial charge on any atom is 0.337 e. The van der Waals surface area contributed by atoms with E-state index in [4.69, 9.17) is 10.5 Å². The molecular weight excluding hydrogens is 360 g/mol. The number of primary amides is 1. The summed E-state index contributed by atoms with van der Waals surface area (Å²) in [5.41, 5.74) is 5.83. The highest BCUT2D eigenvalue weighted by Crippen LogP contribution is 2.36. The number of amides is 1. The monoisotopic (exact) mass is 376 g/mol. The first-order valence-electron chi connectivity index (χ1n) is 7.60. The average molecular weight is 376 g/mol. The zero-order valence-corrected chi connectivity index (χ0v) is 14.6. The number of nitrogens with two attached hydrogens (primary N) is 1. The molecule has 1 aliphatic rings. The Kier molecular flexibility index (Phi) is 4.56. The van der Waals surface area contributed by atoms with Crippen molar-refractivity contribution in [3.63, 3.8) is 0 Å². The number of para-hydroxylation sites is 2. The Bertz CT molecular complexity index is 955. The molecule has 0 aromatic heterocycles. The number of ether oxygens (including phenoxy) is 2. The molecule has 2 aromatic rings. The molecule has 0 bridgehead atoms. The van der Waals surface area contributed by atoms with E-state index in [-0.39, 0.29) is 22.8 Å². The topological polar surface area (TPSA) is 116 Å². The van der Waals surface area contributed by atoms with Gasteiger partial charge in [0.15, 0.2) is 6.10 Å². The Labute approximate surface area is 150 Å². The van der Waals surface area contributed by atoms with Gasteiger partial charge in [0.05, 0.1) is 29.8 Å². The van der Waals surface area contributed by atoms with E-state index in [0.29, 0.717) is 5.69 Å². The van der Waals surface area contributed by atoms with Gasteiger partial charge in [0, 0.05) is 0 Å². The number of benzene rings is 2. The van der Waals surface area contributed by atoms with Crippen molar-refractivity contribution in [1.29, 1.82) is 0 Å². The molecule has 2 aromatic carbocycles. The van der Waals surface area contributed by atoms with Gasteiger partial charge in [0.25, 0.3) is 15.9 Å². The molecule has 26 heavy (non-hydrogen) atoms. The van der Waals surface area contributed by atoms with Crippen molar-refractivity contribution < 1.29 is 27.5 Å². The number of hydrogen-bond acceptors (Lipinski definition) is 6. The molecule has 1 amide bonds. The average Bonchev–Trinajstić information content (AvgIpc) is 2.66. The first kappa shape index (κ1) is 17.7. The smallest absolute Gasteiger partial charge is 0.337 e. The van der Waals surface area contributed by atoms with Crippen LogP contribution in [0.5, 0.6) is 5.75 Å². The van der Waals surface area contributed by atoms with Gasteiger partial charge in [-0.25, -0.2) is 13.2 Å². The summed E-state index contributed by atoms with van der Waals surface area (Å²) in [4.78, 5) is 23.0. The number of hydrogen-bond donors (Lipinski definition) is 1. The molecule has 0 saturated carbocycles. The van der Waals surface area contributed by atoms with Crippen LogP contribution in [-0.2, 0) is 19.6 Å². The number of fused-ring (bicyclic) bond motifs is 1. The number of methoxy groups -OCH3 is 1. The molecule has 0 saturated heterocycles. The van der Waals surface area contributed by atoms with Crippen LogP contribution in [0.25, 0.3) is 0 Å². The number of rotatable bonds is 4. The van der Waals surface area contributed by atoms with Crippen molar-refractivity contribution in [2.24, 2.45) is 5.73 Å². The third-order valence-electron chi connectivity index (χ3n) is 3.92. The van der Waals surface area contributed by atoms with Gasteiger partial charge in [0.2, 0.25) is 0 Å². The maximum atomic E-state index is 13.1. The van der Waals surface area contributed by atoms with Crippen molar-refractivity contribution >= 4 is 27.6 Å². The van der Waals surface area contributed by atoms with Crippen LogP contribution in [0.4, 0.5) is 5.69 Å². The lowest BCUT2D eigenvalue weighted by Crippen LogP contribution is -2.49. The molecule has 1 atom stereocenters. The summed E-state index contributed by atoms with van der Waals surface area (Å²) in [5.74, 6) is -1.09.